The molecule has 0 amide bonds. The Bertz CT molecular complexity index is 546. The lowest BCUT2D eigenvalue weighted by Crippen LogP contribution is -2.20. The lowest BCUT2D eigenvalue weighted by atomic mass is 9.96. The number of carboxylic acids is 1. The van der Waals surface area contributed by atoms with Crippen molar-refractivity contribution < 1.29 is 18.3 Å². The van der Waals surface area contributed by atoms with Gasteiger partial charge in [-0.25, -0.2) is 13.6 Å². The molecule has 1 aliphatic carbocycles. The van der Waals surface area contributed by atoms with Crippen molar-refractivity contribution in [3.63, 3.8) is 0 Å². The molecule has 0 atom stereocenters. The van der Waals surface area contributed by atoms with Gasteiger partial charge in [-0.1, -0.05) is 12.1 Å². The first-order valence-electron chi connectivity index (χ1n) is 4.73. The number of rotatable bonds is 3. The van der Waals surface area contributed by atoms with Crippen LogP contribution in [0, 0.1) is 0 Å². The minimum absolute atomic E-state index is 0.0440. The highest BCUT2D eigenvalue weighted by molar-refractivity contribution is 7.89. The zero-order valence-corrected chi connectivity index (χ0v) is 9.20. The molecule has 0 saturated heterocycles. The van der Waals surface area contributed by atoms with Gasteiger partial charge in [-0.05, 0) is 30.5 Å². The van der Waals surface area contributed by atoms with Crippen molar-refractivity contribution in [3.05, 3.63) is 29.8 Å². The van der Waals surface area contributed by atoms with E-state index in [1.54, 1.807) is 6.07 Å². The second-order valence-electron chi connectivity index (χ2n) is 3.96. The highest BCUT2D eigenvalue weighted by Gasteiger charge is 2.51. The molecule has 5 nitrogen and oxygen atoms in total. The molecule has 0 aliphatic heterocycles. The summed E-state index contributed by atoms with van der Waals surface area (Å²) < 4.78 is 22.3. The summed E-state index contributed by atoms with van der Waals surface area (Å²) in [5.74, 6) is -0.918. The third-order valence-electron chi connectivity index (χ3n) is 2.87. The Kier molecular flexibility index (Phi) is 2.28. The van der Waals surface area contributed by atoms with E-state index in [2.05, 4.69) is 0 Å². The molecule has 0 heterocycles. The first-order chi connectivity index (χ1) is 7.36. The number of sulfonamides is 1. The third kappa shape index (κ3) is 1.70. The number of benzene rings is 1. The van der Waals surface area contributed by atoms with Gasteiger partial charge in [0, 0.05) is 0 Å². The third-order valence-corrected chi connectivity index (χ3v) is 3.79. The van der Waals surface area contributed by atoms with Gasteiger partial charge >= 0.3 is 5.97 Å². The maximum absolute atomic E-state index is 11.1. The van der Waals surface area contributed by atoms with Crippen LogP contribution in [-0.4, -0.2) is 19.5 Å². The second kappa shape index (κ2) is 3.29. The van der Waals surface area contributed by atoms with Gasteiger partial charge in [-0.15, -0.1) is 0 Å². The number of carbonyl (C=O) groups is 1. The van der Waals surface area contributed by atoms with Crippen LogP contribution >= 0.6 is 0 Å². The molecule has 86 valence electrons. The van der Waals surface area contributed by atoms with Crippen LogP contribution in [0.5, 0.6) is 0 Å². The molecular formula is C10H11NO4S. The average Bonchev–Trinajstić information content (AvgIpc) is 2.97. The van der Waals surface area contributed by atoms with E-state index in [0.29, 0.717) is 18.4 Å². The number of primary sulfonamides is 1. The van der Waals surface area contributed by atoms with Crippen LogP contribution < -0.4 is 5.14 Å². The standard InChI is InChI=1S/C10H11NO4S/c11-16(14,15)8-3-1-2-7(6-8)10(4-5-10)9(12)13/h1-3,6H,4-5H2,(H,12,13)(H2,11,14,15). The van der Waals surface area contributed by atoms with Gasteiger partial charge in [-0.3, -0.25) is 4.79 Å². The van der Waals surface area contributed by atoms with Gasteiger partial charge in [0.25, 0.3) is 0 Å². The normalized spacial score (nSPS) is 18.1. The zero-order chi connectivity index (χ0) is 12.0. The van der Waals surface area contributed by atoms with E-state index in [9.17, 15) is 13.2 Å². The molecule has 3 N–H and O–H groups in total. The van der Waals surface area contributed by atoms with Crippen molar-refractivity contribution in [2.24, 2.45) is 5.14 Å². The monoisotopic (exact) mass is 241 g/mol. The Morgan fingerprint density at radius 2 is 2.00 bits per heavy atom. The van der Waals surface area contributed by atoms with E-state index in [0.717, 1.165) is 0 Å². The quantitative estimate of drug-likeness (QED) is 0.802. The molecule has 1 aliphatic rings. The van der Waals surface area contributed by atoms with Crippen LogP contribution in [0.4, 0.5) is 0 Å². The van der Waals surface area contributed by atoms with Gasteiger partial charge in [0.2, 0.25) is 10.0 Å². The van der Waals surface area contributed by atoms with Crippen LogP contribution in [0.2, 0.25) is 0 Å². The Hall–Kier alpha value is -1.40. The van der Waals surface area contributed by atoms with E-state index < -0.39 is 21.4 Å². The predicted octanol–water partition coefficient (Wildman–Crippen LogP) is 0.450. The molecule has 0 unspecified atom stereocenters. The van der Waals surface area contributed by atoms with Crippen molar-refractivity contribution in [2.45, 2.75) is 23.2 Å². The molecule has 0 bridgehead atoms. The van der Waals surface area contributed by atoms with E-state index in [4.69, 9.17) is 10.2 Å². The summed E-state index contributed by atoms with van der Waals surface area (Å²) in [4.78, 5) is 11.0. The van der Waals surface area contributed by atoms with Crippen LogP contribution in [0.25, 0.3) is 0 Å². The summed E-state index contributed by atoms with van der Waals surface area (Å²) in [6, 6.07) is 5.83. The summed E-state index contributed by atoms with van der Waals surface area (Å²) >= 11 is 0. The first kappa shape index (κ1) is 11.1. The lowest BCUT2D eigenvalue weighted by Gasteiger charge is -2.10. The van der Waals surface area contributed by atoms with E-state index >= 15 is 0 Å². The second-order valence-corrected chi connectivity index (χ2v) is 5.52. The van der Waals surface area contributed by atoms with E-state index in [-0.39, 0.29) is 4.90 Å². The summed E-state index contributed by atoms with van der Waals surface area (Å²) in [7, 11) is -3.78. The molecule has 1 aromatic rings. The summed E-state index contributed by atoms with van der Waals surface area (Å²) in [6.07, 6.45) is 1.08. The maximum atomic E-state index is 11.1. The summed E-state index contributed by atoms with van der Waals surface area (Å²) in [5, 5.41) is 14.1. The smallest absolute Gasteiger partial charge is 0.314 e. The predicted molar refractivity (Wildman–Crippen MR) is 56.4 cm³/mol. The highest BCUT2D eigenvalue weighted by Crippen LogP contribution is 2.48. The van der Waals surface area contributed by atoms with Gasteiger partial charge in [-0.2, -0.15) is 0 Å². The van der Waals surface area contributed by atoms with Gasteiger partial charge < -0.3 is 5.11 Å². The van der Waals surface area contributed by atoms with Gasteiger partial charge in [0.15, 0.2) is 0 Å². The first-order valence-corrected chi connectivity index (χ1v) is 6.28. The number of nitrogens with two attached hydrogens (primary N) is 1. The van der Waals surface area contributed by atoms with Crippen LogP contribution in [0.1, 0.15) is 18.4 Å². The van der Waals surface area contributed by atoms with E-state index in [1.807, 2.05) is 0 Å². The molecule has 0 spiro atoms. The largest absolute Gasteiger partial charge is 0.481 e. The highest BCUT2D eigenvalue weighted by atomic mass is 32.2. The van der Waals surface area contributed by atoms with Crippen molar-refractivity contribution in [1.82, 2.24) is 0 Å². The Labute approximate surface area is 92.9 Å². The minimum Gasteiger partial charge on any atom is -0.481 e. The molecule has 0 aromatic heterocycles. The lowest BCUT2D eigenvalue weighted by molar-refractivity contribution is -0.140. The molecule has 6 heteroatoms. The Morgan fingerprint density at radius 1 is 1.38 bits per heavy atom. The summed E-state index contributed by atoms with van der Waals surface area (Å²) in [5.41, 5.74) is -0.396. The topological polar surface area (TPSA) is 97.5 Å². The van der Waals surface area contributed by atoms with Crippen LogP contribution in [0.3, 0.4) is 0 Å². The molecule has 1 saturated carbocycles. The fourth-order valence-corrected chi connectivity index (χ4v) is 2.28. The van der Waals surface area contributed by atoms with Crippen LogP contribution in [0.15, 0.2) is 29.2 Å². The zero-order valence-electron chi connectivity index (χ0n) is 8.38. The number of aliphatic carboxylic acids is 1. The molecule has 1 fully saturated rings. The number of hydrogen-bond acceptors (Lipinski definition) is 3. The number of carboxylic acid groups (broad SMARTS) is 1. The molecule has 1 aromatic carbocycles. The van der Waals surface area contributed by atoms with Crippen molar-refractivity contribution in [2.75, 3.05) is 0 Å². The summed E-state index contributed by atoms with van der Waals surface area (Å²) in [6.45, 7) is 0. The SMILES string of the molecule is NS(=O)(=O)c1cccc(C2(C(=O)O)CC2)c1. The fraction of sp³-hybridized carbons (Fsp3) is 0.300. The van der Waals surface area contributed by atoms with Crippen molar-refractivity contribution in [3.8, 4) is 0 Å². The maximum Gasteiger partial charge on any atom is 0.314 e. The Balaban J connectivity index is 2.49. The minimum atomic E-state index is -3.78. The number of hydrogen-bond donors (Lipinski definition) is 2. The average molecular weight is 241 g/mol. The van der Waals surface area contributed by atoms with Crippen molar-refractivity contribution in [1.29, 1.82) is 0 Å². The van der Waals surface area contributed by atoms with Crippen LogP contribution in [-0.2, 0) is 20.2 Å². The van der Waals surface area contributed by atoms with Gasteiger partial charge in [0.05, 0.1) is 10.3 Å². The molecule has 2 rings (SSSR count). The van der Waals surface area contributed by atoms with E-state index in [1.165, 1.54) is 18.2 Å². The van der Waals surface area contributed by atoms with Crippen molar-refractivity contribution >= 4 is 16.0 Å². The fourth-order valence-electron chi connectivity index (χ4n) is 1.72. The molecule has 16 heavy (non-hydrogen) atoms. The Morgan fingerprint density at radius 3 is 2.44 bits per heavy atom. The molecule has 0 radical (unpaired) electrons. The van der Waals surface area contributed by atoms with Gasteiger partial charge in [0.1, 0.15) is 0 Å². The molecular weight excluding hydrogens is 230 g/mol.